The van der Waals surface area contributed by atoms with Crippen LogP contribution >= 0.6 is 11.3 Å². The minimum atomic E-state index is -0.0374. The van der Waals surface area contributed by atoms with Crippen LogP contribution in [0, 0.1) is 0 Å². The van der Waals surface area contributed by atoms with E-state index in [-0.39, 0.29) is 5.91 Å². The quantitative estimate of drug-likeness (QED) is 0.787. The Morgan fingerprint density at radius 3 is 2.95 bits per heavy atom. The summed E-state index contributed by atoms with van der Waals surface area (Å²) < 4.78 is 1.82. The summed E-state index contributed by atoms with van der Waals surface area (Å²) in [7, 11) is 0. The topological polar surface area (TPSA) is 59.8 Å². The van der Waals surface area contributed by atoms with Gasteiger partial charge in [0.1, 0.15) is 0 Å². The number of hydrogen-bond donors (Lipinski definition) is 1. The predicted molar refractivity (Wildman–Crippen MR) is 82.1 cm³/mol. The second kappa shape index (κ2) is 6.32. The molecular formula is C15H14N4OS. The first-order valence-electron chi connectivity index (χ1n) is 6.57. The molecule has 0 saturated heterocycles. The molecule has 106 valence electrons. The first kappa shape index (κ1) is 13.5. The van der Waals surface area contributed by atoms with Gasteiger partial charge in [0.2, 0.25) is 0 Å². The number of carbonyl (C=O) groups excluding carboxylic acids is 1. The van der Waals surface area contributed by atoms with Crippen molar-refractivity contribution in [3.05, 3.63) is 59.3 Å². The van der Waals surface area contributed by atoms with Gasteiger partial charge in [-0.05, 0) is 17.5 Å². The highest BCUT2D eigenvalue weighted by Gasteiger charge is 2.06. The summed E-state index contributed by atoms with van der Waals surface area (Å²) in [6, 6.07) is 7.57. The molecule has 6 heteroatoms. The van der Waals surface area contributed by atoms with Crippen molar-refractivity contribution in [2.75, 3.05) is 6.54 Å². The Kier molecular flexibility index (Phi) is 4.07. The van der Waals surface area contributed by atoms with Crippen molar-refractivity contribution >= 4 is 17.2 Å². The monoisotopic (exact) mass is 298 g/mol. The van der Waals surface area contributed by atoms with E-state index in [2.05, 4.69) is 15.4 Å². The lowest BCUT2D eigenvalue weighted by molar-refractivity contribution is 0.0956. The Hall–Kier alpha value is -2.47. The maximum absolute atomic E-state index is 11.8. The van der Waals surface area contributed by atoms with E-state index in [4.69, 9.17) is 0 Å². The van der Waals surface area contributed by atoms with Gasteiger partial charge in [0.15, 0.2) is 0 Å². The van der Waals surface area contributed by atoms with Crippen LogP contribution in [0.15, 0.2) is 54.4 Å². The van der Waals surface area contributed by atoms with E-state index >= 15 is 0 Å². The molecule has 0 aliphatic carbocycles. The summed E-state index contributed by atoms with van der Waals surface area (Å²) in [5.41, 5.74) is 2.05. The minimum absolute atomic E-state index is 0.0374. The van der Waals surface area contributed by atoms with Gasteiger partial charge in [0, 0.05) is 36.3 Å². The maximum atomic E-state index is 11.8. The highest BCUT2D eigenvalue weighted by atomic mass is 32.1. The zero-order valence-electron chi connectivity index (χ0n) is 11.3. The Balaban J connectivity index is 1.55. The summed E-state index contributed by atoms with van der Waals surface area (Å²) in [4.78, 5) is 16.6. The van der Waals surface area contributed by atoms with E-state index in [0.29, 0.717) is 13.1 Å². The number of rotatable bonds is 5. The highest BCUT2D eigenvalue weighted by molar-refractivity contribution is 7.12. The first-order chi connectivity index (χ1) is 10.3. The first-order valence-corrected chi connectivity index (χ1v) is 7.45. The van der Waals surface area contributed by atoms with Crippen molar-refractivity contribution in [3.63, 3.8) is 0 Å². The summed E-state index contributed by atoms with van der Waals surface area (Å²) >= 11 is 1.44. The van der Waals surface area contributed by atoms with Crippen molar-refractivity contribution in [3.8, 4) is 11.1 Å². The van der Waals surface area contributed by atoms with E-state index in [0.717, 1.165) is 16.0 Å². The molecule has 3 aromatic heterocycles. The van der Waals surface area contributed by atoms with E-state index in [1.165, 1.54) is 11.3 Å². The molecule has 3 rings (SSSR count). The third kappa shape index (κ3) is 3.35. The van der Waals surface area contributed by atoms with E-state index in [1.54, 1.807) is 18.6 Å². The molecule has 3 heterocycles. The summed E-state index contributed by atoms with van der Waals surface area (Å²) in [6.07, 6.45) is 7.31. The number of thiophene rings is 1. The van der Waals surface area contributed by atoms with Crippen LogP contribution in [-0.4, -0.2) is 27.2 Å². The summed E-state index contributed by atoms with van der Waals surface area (Å²) in [6.45, 7) is 1.18. The lowest BCUT2D eigenvalue weighted by Gasteiger charge is -2.03. The van der Waals surface area contributed by atoms with Crippen molar-refractivity contribution in [2.24, 2.45) is 0 Å². The van der Waals surface area contributed by atoms with Crippen LogP contribution in [0.3, 0.4) is 0 Å². The molecule has 5 nitrogen and oxygen atoms in total. The molecule has 3 aromatic rings. The lowest BCUT2D eigenvalue weighted by atomic mass is 10.2. The van der Waals surface area contributed by atoms with Gasteiger partial charge in [-0.1, -0.05) is 12.1 Å². The van der Waals surface area contributed by atoms with E-state index in [1.807, 2.05) is 40.5 Å². The predicted octanol–water partition coefficient (Wildman–Crippen LogP) is 2.44. The zero-order chi connectivity index (χ0) is 14.5. The van der Waals surface area contributed by atoms with Crippen LogP contribution in [0.2, 0.25) is 0 Å². The second-order valence-electron chi connectivity index (χ2n) is 4.47. The van der Waals surface area contributed by atoms with Crippen LogP contribution in [0.1, 0.15) is 9.67 Å². The van der Waals surface area contributed by atoms with Crippen molar-refractivity contribution < 1.29 is 4.79 Å². The van der Waals surface area contributed by atoms with Crippen molar-refractivity contribution in [1.82, 2.24) is 20.1 Å². The Bertz CT molecular complexity index is 706. The van der Waals surface area contributed by atoms with Crippen LogP contribution in [0.5, 0.6) is 0 Å². The molecule has 0 radical (unpaired) electrons. The fraction of sp³-hybridized carbons (Fsp3) is 0.133. The fourth-order valence-corrected chi connectivity index (χ4v) is 2.59. The largest absolute Gasteiger partial charge is 0.349 e. The molecule has 0 fully saturated rings. The van der Waals surface area contributed by atoms with Crippen molar-refractivity contribution in [2.45, 2.75) is 6.54 Å². The van der Waals surface area contributed by atoms with Gasteiger partial charge < -0.3 is 5.32 Å². The number of aromatic nitrogens is 3. The van der Waals surface area contributed by atoms with Crippen molar-refractivity contribution in [1.29, 1.82) is 0 Å². The Morgan fingerprint density at radius 1 is 1.24 bits per heavy atom. The third-order valence-electron chi connectivity index (χ3n) is 3.00. The van der Waals surface area contributed by atoms with Gasteiger partial charge in [0.25, 0.3) is 5.91 Å². The molecule has 0 unspecified atom stereocenters. The van der Waals surface area contributed by atoms with Crippen LogP contribution in [-0.2, 0) is 6.54 Å². The maximum Gasteiger partial charge on any atom is 0.261 e. The molecule has 21 heavy (non-hydrogen) atoms. The average molecular weight is 298 g/mol. The van der Waals surface area contributed by atoms with Gasteiger partial charge >= 0.3 is 0 Å². The van der Waals surface area contributed by atoms with Crippen LogP contribution < -0.4 is 5.32 Å². The smallest absolute Gasteiger partial charge is 0.261 e. The van der Waals surface area contributed by atoms with Gasteiger partial charge in [-0.25, -0.2) is 0 Å². The van der Waals surface area contributed by atoms with E-state index < -0.39 is 0 Å². The number of amides is 1. The van der Waals surface area contributed by atoms with Crippen LogP contribution in [0.4, 0.5) is 0 Å². The minimum Gasteiger partial charge on any atom is -0.349 e. The van der Waals surface area contributed by atoms with Gasteiger partial charge in [-0.15, -0.1) is 11.3 Å². The molecule has 1 N–H and O–H groups in total. The third-order valence-corrected chi connectivity index (χ3v) is 3.87. The van der Waals surface area contributed by atoms with Gasteiger partial charge in [-0.2, -0.15) is 5.10 Å². The molecule has 1 amide bonds. The summed E-state index contributed by atoms with van der Waals surface area (Å²) in [5, 5.41) is 9.06. The molecule has 0 bridgehead atoms. The average Bonchev–Trinajstić information content (AvgIpc) is 3.20. The molecule has 0 saturated carbocycles. The second-order valence-corrected chi connectivity index (χ2v) is 5.41. The molecular weight excluding hydrogens is 284 g/mol. The van der Waals surface area contributed by atoms with Gasteiger partial charge in [-0.3, -0.25) is 14.5 Å². The molecule has 0 aliphatic heterocycles. The number of hydrogen-bond acceptors (Lipinski definition) is 4. The SMILES string of the molecule is O=C(NCCn1cc(-c2cccnc2)cn1)c1cccs1. The highest BCUT2D eigenvalue weighted by Crippen LogP contribution is 2.16. The zero-order valence-corrected chi connectivity index (χ0v) is 12.1. The number of nitrogens with zero attached hydrogens (tertiary/aromatic N) is 3. The Morgan fingerprint density at radius 2 is 2.19 bits per heavy atom. The lowest BCUT2D eigenvalue weighted by Crippen LogP contribution is -2.26. The van der Waals surface area contributed by atoms with Gasteiger partial charge in [0.05, 0.1) is 17.6 Å². The standard InChI is InChI=1S/C15H14N4OS/c20-15(14-4-2-8-21-14)17-6-7-19-11-13(10-18-19)12-3-1-5-16-9-12/h1-5,8-11H,6-7H2,(H,17,20). The van der Waals surface area contributed by atoms with Crippen LogP contribution in [0.25, 0.3) is 11.1 Å². The Labute approximate surface area is 126 Å². The summed E-state index contributed by atoms with van der Waals surface area (Å²) in [5.74, 6) is -0.0374. The number of nitrogens with one attached hydrogen (secondary N) is 1. The molecule has 0 aromatic carbocycles. The normalized spacial score (nSPS) is 10.5. The fourth-order valence-electron chi connectivity index (χ4n) is 1.95. The van der Waals surface area contributed by atoms with E-state index in [9.17, 15) is 4.79 Å². The molecule has 0 spiro atoms. The number of carbonyl (C=O) groups is 1. The molecule has 0 atom stereocenters. The number of pyridine rings is 1. The molecule has 0 aliphatic rings.